The van der Waals surface area contributed by atoms with Crippen molar-refractivity contribution in [1.82, 2.24) is 4.98 Å². The summed E-state index contributed by atoms with van der Waals surface area (Å²) in [6.45, 7) is 5.05. The lowest BCUT2D eigenvalue weighted by atomic mass is 10.2. The first-order valence-electron chi connectivity index (χ1n) is 9.71. The summed E-state index contributed by atoms with van der Waals surface area (Å²) in [4.78, 5) is 19.3. The molecular formula is C23H24N4O2. The van der Waals surface area contributed by atoms with Gasteiger partial charge >= 0.3 is 0 Å². The van der Waals surface area contributed by atoms with Crippen molar-refractivity contribution in [1.29, 1.82) is 0 Å². The molecule has 0 saturated carbocycles. The van der Waals surface area contributed by atoms with E-state index >= 15 is 0 Å². The quantitative estimate of drug-likeness (QED) is 0.685. The van der Waals surface area contributed by atoms with Crippen molar-refractivity contribution in [3.63, 3.8) is 0 Å². The highest BCUT2D eigenvalue weighted by atomic mass is 16.5. The Morgan fingerprint density at radius 2 is 1.76 bits per heavy atom. The molecule has 3 aromatic rings. The first kappa shape index (κ1) is 19.0. The van der Waals surface area contributed by atoms with E-state index in [2.05, 4.69) is 20.5 Å². The van der Waals surface area contributed by atoms with E-state index in [9.17, 15) is 4.79 Å². The predicted octanol–water partition coefficient (Wildman–Crippen LogP) is 4.22. The fourth-order valence-corrected chi connectivity index (χ4v) is 3.29. The Hall–Kier alpha value is -3.38. The zero-order chi connectivity index (χ0) is 20.1. The molecule has 148 valence electrons. The van der Waals surface area contributed by atoms with Crippen LogP contribution < -0.4 is 15.5 Å². The minimum Gasteiger partial charge on any atom is -0.378 e. The number of hydrogen-bond donors (Lipinski definition) is 2. The smallest absolute Gasteiger partial charge is 0.257 e. The van der Waals surface area contributed by atoms with Crippen LogP contribution in [0.15, 0.2) is 67.0 Å². The lowest BCUT2D eigenvalue weighted by molar-refractivity contribution is 0.102. The number of nitrogens with zero attached hydrogens (tertiary/aromatic N) is 2. The predicted molar refractivity (Wildman–Crippen MR) is 116 cm³/mol. The van der Waals surface area contributed by atoms with E-state index in [-0.39, 0.29) is 5.91 Å². The molecule has 4 rings (SSSR count). The standard InChI is InChI=1S/C23H24N4O2/c1-17-6-8-19(9-7-17)25-20-14-18(15-24-16-20)23(28)26-21-4-2-3-5-22(21)27-10-12-29-13-11-27/h2-9,14-16,25H,10-13H2,1H3,(H,26,28). The minimum absolute atomic E-state index is 0.189. The average Bonchev–Trinajstić information content (AvgIpc) is 2.76. The fraction of sp³-hybridized carbons (Fsp3) is 0.217. The maximum atomic E-state index is 12.9. The third-order valence-electron chi connectivity index (χ3n) is 4.84. The molecule has 1 fully saturated rings. The Labute approximate surface area is 170 Å². The van der Waals surface area contributed by atoms with Crippen LogP contribution in [0.1, 0.15) is 15.9 Å². The molecule has 2 N–H and O–H groups in total. The largest absolute Gasteiger partial charge is 0.378 e. The normalized spacial score (nSPS) is 13.8. The number of aromatic nitrogens is 1. The van der Waals surface area contributed by atoms with Crippen molar-refractivity contribution < 1.29 is 9.53 Å². The van der Waals surface area contributed by atoms with Gasteiger partial charge in [-0.15, -0.1) is 0 Å². The lowest BCUT2D eigenvalue weighted by Gasteiger charge is -2.30. The molecule has 1 saturated heterocycles. The number of rotatable bonds is 5. The van der Waals surface area contributed by atoms with E-state index < -0.39 is 0 Å². The molecule has 6 nitrogen and oxygen atoms in total. The number of pyridine rings is 1. The number of carbonyl (C=O) groups is 1. The van der Waals surface area contributed by atoms with Crippen LogP contribution in [0.4, 0.5) is 22.7 Å². The van der Waals surface area contributed by atoms with Gasteiger partial charge in [-0.05, 0) is 37.3 Å². The van der Waals surface area contributed by atoms with E-state index in [1.807, 2.05) is 55.5 Å². The fourth-order valence-electron chi connectivity index (χ4n) is 3.29. The monoisotopic (exact) mass is 388 g/mol. The van der Waals surface area contributed by atoms with Gasteiger partial charge in [0.1, 0.15) is 0 Å². The number of carbonyl (C=O) groups excluding carboxylic acids is 1. The molecule has 1 amide bonds. The van der Waals surface area contributed by atoms with Crippen molar-refractivity contribution in [2.75, 3.05) is 41.8 Å². The number of anilines is 4. The van der Waals surface area contributed by atoms with Crippen molar-refractivity contribution in [2.24, 2.45) is 0 Å². The number of aryl methyl sites for hydroxylation is 1. The molecule has 0 bridgehead atoms. The highest BCUT2D eigenvalue weighted by molar-refractivity contribution is 6.06. The Morgan fingerprint density at radius 3 is 2.55 bits per heavy atom. The summed E-state index contributed by atoms with van der Waals surface area (Å²) in [6, 6.07) is 17.7. The Bertz CT molecular complexity index is 982. The molecular weight excluding hydrogens is 364 g/mol. The van der Waals surface area contributed by atoms with Gasteiger partial charge in [0.25, 0.3) is 5.91 Å². The molecule has 0 radical (unpaired) electrons. The second-order valence-electron chi connectivity index (χ2n) is 7.02. The first-order chi connectivity index (χ1) is 14.2. The van der Waals surface area contributed by atoms with Gasteiger partial charge in [-0.25, -0.2) is 0 Å². The minimum atomic E-state index is -0.189. The van der Waals surface area contributed by atoms with Crippen LogP contribution in [0.5, 0.6) is 0 Å². The van der Waals surface area contributed by atoms with E-state index in [0.717, 1.165) is 35.8 Å². The highest BCUT2D eigenvalue weighted by Gasteiger charge is 2.16. The SMILES string of the molecule is Cc1ccc(Nc2cncc(C(=O)Nc3ccccc3N3CCOCC3)c2)cc1. The van der Waals surface area contributed by atoms with E-state index in [4.69, 9.17) is 4.74 Å². The third kappa shape index (κ3) is 4.73. The molecule has 0 spiro atoms. The van der Waals surface area contributed by atoms with Crippen LogP contribution in [-0.4, -0.2) is 37.2 Å². The third-order valence-corrected chi connectivity index (χ3v) is 4.84. The summed E-state index contributed by atoms with van der Waals surface area (Å²) in [5, 5.41) is 6.32. The summed E-state index contributed by atoms with van der Waals surface area (Å²) in [6.07, 6.45) is 3.28. The number of benzene rings is 2. The Kier molecular flexibility index (Phi) is 5.72. The van der Waals surface area contributed by atoms with Gasteiger partial charge in [0.15, 0.2) is 0 Å². The molecule has 1 aliphatic rings. The number of ether oxygens (including phenoxy) is 1. The van der Waals surface area contributed by atoms with Gasteiger partial charge in [-0.3, -0.25) is 9.78 Å². The number of amides is 1. The van der Waals surface area contributed by atoms with Gasteiger partial charge in [-0.1, -0.05) is 29.8 Å². The van der Waals surface area contributed by atoms with Crippen LogP contribution in [0.2, 0.25) is 0 Å². The van der Waals surface area contributed by atoms with Crippen molar-refractivity contribution in [2.45, 2.75) is 6.92 Å². The summed E-state index contributed by atoms with van der Waals surface area (Å²) in [7, 11) is 0. The van der Waals surface area contributed by atoms with Crippen LogP contribution in [-0.2, 0) is 4.74 Å². The van der Waals surface area contributed by atoms with E-state index in [1.165, 1.54) is 5.56 Å². The molecule has 6 heteroatoms. The van der Waals surface area contributed by atoms with Crippen LogP contribution in [0.25, 0.3) is 0 Å². The van der Waals surface area contributed by atoms with Crippen LogP contribution in [0, 0.1) is 6.92 Å². The second-order valence-corrected chi connectivity index (χ2v) is 7.02. The van der Waals surface area contributed by atoms with Crippen molar-refractivity contribution in [3.05, 3.63) is 78.1 Å². The molecule has 0 aliphatic carbocycles. The number of para-hydroxylation sites is 2. The van der Waals surface area contributed by atoms with Crippen LogP contribution in [0.3, 0.4) is 0 Å². The average molecular weight is 388 g/mol. The van der Waals surface area contributed by atoms with Gasteiger partial charge in [-0.2, -0.15) is 0 Å². The molecule has 2 heterocycles. The van der Waals surface area contributed by atoms with Gasteiger partial charge in [0.2, 0.25) is 0 Å². The molecule has 0 unspecified atom stereocenters. The van der Waals surface area contributed by atoms with Crippen molar-refractivity contribution in [3.8, 4) is 0 Å². The Morgan fingerprint density at radius 1 is 1.00 bits per heavy atom. The number of morpholine rings is 1. The van der Waals surface area contributed by atoms with Gasteiger partial charge < -0.3 is 20.3 Å². The molecule has 1 aromatic heterocycles. The summed E-state index contributed by atoms with van der Waals surface area (Å²) in [5.74, 6) is -0.189. The number of nitrogens with one attached hydrogen (secondary N) is 2. The van der Waals surface area contributed by atoms with Crippen LogP contribution >= 0.6 is 0 Å². The highest BCUT2D eigenvalue weighted by Crippen LogP contribution is 2.27. The maximum Gasteiger partial charge on any atom is 0.257 e. The molecule has 29 heavy (non-hydrogen) atoms. The summed E-state index contributed by atoms with van der Waals surface area (Å²) < 4.78 is 5.44. The zero-order valence-corrected chi connectivity index (χ0v) is 16.4. The molecule has 0 atom stereocenters. The van der Waals surface area contributed by atoms with Crippen molar-refractivity contribution >= 4 is 28.7 Å². The summed E-state index contributed by atoms with van der Waals surface area (Å²) in [5.41, 5.74) is 5.21. The summed E-state index contributed by atoms with van der Waals surface area (Å²) >= 11 is 0. The second kappa shape index (κ2) is 8.75. The van der Waals surface area contributed by atoms with E-state index in [1.54, 1.807) is 18.5 Å². The Balaban J connectivity index is 1.50. The topological polar surface area (TPSA) is 66.5 Å². The zero-order valence-electron chi connectivity index (χ0n) is 16.4. The lowest BCUT2D eigenvalue weighted by Crippen LogP contribution is -2.36. The maximum absolute atomic E-state index is 12.9. The number of hydrogen-bond acceptors (Lipinski definition) is 5. The molecule has 1 aliphatic heterocycles. The first-order valence-corrected chi connectivity index (χ1v) is 9.71. The van der Waals surface area contributed by atoms with Gasteiger partial charge in [0, 0.05) is 25.0 Å². The van der Waals surface area contributed by atoms with E-state index in [0.29, 0.717) is 18.8 Å². The molecule has 2 aromatic carbocycles. The van der Waals surface area contributed by atoms with Gasteiger partial charge in [0.05, 0.1) is 42.0 Å².